The number of H-pyrrole nitrogens is 1. The Labute approximate surface area is 146 Å². The van der Waals surface area contributed by atoms with Crippen molar-refractivity contribution in [2.45, 2.75) is 6.54 Å². The highest BCUT2D eigenvalue weighted by atomic mass is 32.1. The zero-order valence-corrected chi connectivity index (χ0v) is 13.8. The van der Waals surface area contributed by atoms with Gasteiger partial charge in [-0.05, 0) is 23.6 Å². The highest BCUT2D eigenvalue weighted by Gasteiger charge is 2.14. The van der Waals surface area contributed by atoms with E-state index in [2.05, 4.69) is 25.5 Å². The molecule has 4 rings (SSSR count). The number of carbonyl (C=O) groups is 1. The fraction of sp³-hybridized carbons (Fsp3) is 0.0588. The molecule has 0 saturated carbocycles. The summed E-state index contributed by atoms with van der Waals surface area (Å²) in [6.07, 6.45) is 4.82. The van der Waals surface area contributed by atoms with E-state index < -0.39 is 0 Å². The van der Waals surface area contributed by atoms with Crippen molar-refractivity contribution in [2.75, 3.05) is 0 Å². The molecule has 1 amide bonds. The number of nitrogens with one attached hydrogen (secondary N) is 2. The topological polar surface area (TPSA) is 96.7 Å². The average Bonchev–Trinajstić information content (AvgIpc) is 3.41. The molecule has 7 nitrogen and oxygen atoms in total. The highest BCUT2D eigenvalue weighted by Crippen LogP contribution is 2.24. The summed E-state index contributed by atoms with van der Waals surface area (Å²) in [4.78, 5) is 22.0. The van der Waals surface area contributed by atoms with Crippen molar-refractivity contribution in [3.63, 3.8) is 0 Å². The van der Waals surface area contributed by atoms with Gasteiger partial charge in [-0.2, -0.15) is 5.10 Å². The standard InChI is InChI=1S/C17H13N5O2S/c23-17(12-9-11(21-22-12)14-3-1-7-24-14)20-10-13-16(19-6-5-18-13)15-4-2-8-25-15/h1-9H,10H2,(H,20,23)(H,21,22). The molecule has 0 radical (unpaired) electrons. The van der Waals surface area contributed by atoms with E-state index in [4.69, 9.17) is 4.42 Å². The van der Waals surface area contributed by atoms with Gasteiger partial charge in [-0.1, -0.05) is 6.07 Å². The van der Waals surface area contributed by atoms with Gasteiger partial charge < -0.3 is 9.73 Å². The van der Waals surface area contributed by atoms with Crippen molar-refractivity contribution in [3.8, 4) is 22.0 Å². The van der Waals surface area contributed by atoms with Gasteiger partial charge in [-0.15, -0.1) is 11.3 Å². The smallest absolute Gasteiger partial charge is 0.272 e. The van der Waals surface area contributed by atoms with Gasteiger partial charge in [-0.25, -0.2) is 0 Å². The molecule has 0 bridgehead atoms. The van der Waals surface area contributed by atoms with E-state index in [9.17, 15) is 4.79 Å². The summed E-state index contributed by atoms with van der Waals surface area (Å²) < 4.78 is 5.28. The second-order valence-electron chi connectivity index (χ2n) is 5.16. The molecule has 8 heteroatoms. The van der Waals surface area contributed by atoms with Crippen LogP contribution in [-0.2, 0) is 6.54 Å². The summed E-state index contributed by atoms with van der Waals surface area (Å²) in [7, 11) is 0. The third-order valence-electron chi connectivity index (χ3n) is 3.54. The van der Waals surface area contributed by atoms with Crippen molar-refractivity contribution in [3.05, 3.63) is 65.8 Å². The van der Waals surface area contributed by atoms with Gasteiger partial charge in [0, 0.05) is 18.5 Å². The minimum Gasteiger partial charge on any atom is -0.463 e. The molecule has 0 unspecified atom stereocenters. The number of rotatable bonds is 5. The quantitative estimate of drug-likeness (QED) is 0.576. The minimum absolute atomic E-state index is 0.267. The molecule has 0 aliphatic heterocycles. The zero-order valence-electron chi connectivity index (χ0n) is 13.0. The van der Waals surface area contributed by atoms with Gasteiger partial charge in [0.05, 0.1) is 23.4 Å². The summed E-state index contributed by atoms with van der Waals surface area (Å²) in [6.45, 7) is 0.267. The van der Waals surface area contributed by atoms with Crippen LogP contribution >= 0.6 is 11.3 Å². The Kier molecular flexibility index (Phi) is 4.09. The lowest BCUT2D eigenvalue weighted by atomic mass is 10.2. The summed E-state index contributed by atoms with van der Waals surface area (Å²) >= 11 is 1.58. The highest BCUT2D eigenvalue weighted by molar-refractivity contribution is 7.13. The predicted molar refractivity (Wildman–Crippen MR) is 92.8 cm³/mol. The lowest BCUT2D eigenvalue weighted by Crippen LogP contribution is -2.24. The Bertz CT molecular complexity index is 976. The Balaban J connectivity index is 1.48. The number of aromatic nitrogens is 4. The molecular formula is C17H13N5O2S. The van der Waals surface area contributed by atoms with Crippen LogP contribution < -0.4 is 5.32 Å². The molecule has 124 valence electrons. The fourth-order valence-corrected chi connectivity index (χ4v) is 3.11. The van der Waals surface area contributed by atoms with Crippen molar-refractivity contribution >= 4 is 17.2 Å². The van der Waals surface area contributed by atoms with E-state index in [0.717, 1.165) is 10.6 Å². The number of nitrogens with zero attached hydrogens (tertiary/aromatic N) is 3. The van der Waals surface area contributed by atoms with Gasteiger partial charge in [-0.3, -0.25) is 19.9 Å². The summed E-state index contributed by atoms with van der Waals surface area (Å²) in [5, 5.41) is 11.6. The van der Waals surface area contributed by atoms with Gasteiger partial charge in [0.2, 0.25) is 0 Å². The summed E-state index contributed by atoms with van der Waals surface area (Å²) in [5.41, 5.74) is 2.41. The maximum Gasteiger partial charge on any atom is 0.272 e. The van der Waals surface area contributed by atoms with Crippen LogP contribution in [0.15, 0.2) is 58.8 Å². The molecule has 0 aromatic carbocycles. The summed E-state index contributed by atoms with van der Waals surface area (Å²) in [6, 6.07) is 9.14. The Morgan fingerprint density at radius 3 is 2.96 bits per heavy atom. The van der Waals surface area contributed by atoms with E-state index in [-0.39, 0.29) is 18.1 Å². The first-order valence-corrected chi connectivity index (χ1v) is 8.40. The second-order valence-corrected chi connectivity index (χ2v) is 6.10. The molecule has 25 heavy (non-hydrogen) atoms. The normalized spacial score (nSPS) is 10.7. The van der Waals surface area contributed by atoms with Crippen LogP contribution in [0.25, 0.3) is 22.0 Å². The summed E-state index contributed by atoms with van der Waals surface area (Å²) in [5.74, 6) is 0.331. The van der Waals surface area contributed by atoms with Gasteiger partial charge in [0.15, 0.2) is 11.5 Å². The molecule has 4 heterocycles. The fourth-order valence-electron chi connectivity index (χ4n) is 2.37. The molecule has 0 aliphatic carbocycles. The van der Waals surface area contributed by atoms with Gasteiger partial charge >= 0.3 is 0 Å². The Hall–Kier alpha value is -3.26. The monoisotopic (exact) mass is 351 g/mol. The molecule has 0 fully saturated rings. The lowest BCUT2D eigenvalue weighted by molar-refractivity contribution is 0.0945. The number of hydrogen-bond acceptors (Lipinski definition) is 6. The largest absolute Gasteiger partial charge is 0.463 e. The third kappa shape index (κ3) is 3.20. The van der Waals surface area contributed by atoms with Crippen molar-refractivity contribution in [1.82, 2.24) is 25.5 Å². The maximum absolute atomic E-state index is 12.3. The van der Waals surface area contributed by atoms with Crippen LogP contribution in [0.4, 0.5) is 0 Å². The second kappa shape index (κ2) is 6.70. The average molecular weight is 351 g/mol. The van der Waals surface area contributed by atoms with Crippen LogP contribution in [-0.4, -0.2) is 26.1 Å². The van der Waals surface area contributed by atoms with Gasteiger partial charge in [0.1, 0.15) is 11.4 Å². The minimum atomic E-state index is -0.295. The molecule has 0 saturated heterocycles. The number of amides is 1. The molecule has 2 N–H and O–H groups in total. The lowest BCUT2D eigenvalue weighted by Gasteiger charge is -2.06. The molecule has 0 spiro atoms. The van der Waals surface area contributed by atoms with Gasteiger partial charge in [0.25, 0.3) is 5.91 Å². The first-order chi connectivity index (χ1) is 12.3. The molecule has 0 aliphatic rings. The van der Waals surface area contributed by atoms with Crippen LogP contribution in [0.5, 0.6) is 0 Å². The van der Waals surface area contributed by atoms with E-state index in [1.54, 1.807) is 48.2 Å². The molecular weight excluding hydrogens is 338 g/mol. The van der Waals surface area contributed by atoms with Crippen LogP contribution in [0, 0.1) is 0 Å². The van der Waals surface area contributed by atoms with Crippen molar-refractivity contribution in [2.24, 2.45) is 0 Å². The Morgan fingerprint density at radius 2 is 2.16 bits per heavy atom. The molecule has 4 aromatic heterocycles. The number of furan rings is 1. The van der Waals surface area contributed by atoms with Crippen molar-refractivity contribution in [1.29, 1.82) is 0 Å². The van der Waals surface area contributed by atoms with E-state index in [1.165, 1.54) is 0 Å². The number of carbonyl (C=O) groups excluding carboxylic acids is 1. The number of aromatic amines is 1. The molecule has 4 aromatic rings. The Morgan fingerprint density at radius 1 is 1.24 bits per heavy atom. The van der Waals surface area contributed by atoms with Crippen LogP contribution in [0.2, 0.25) is 0 Å². The maximum atomic E-state index is 12.3. The predicted octanol–water partition coefficient (Wildman–Crippen LogP) is 3.12. The first-order valence-electron chi connectivity index (χ1n) is 7.52. The molecule has 0 atom stereocenters. The van der Waals surface area contributed by atoms with Crippen LogP contribution in [0.1, 0.15) is 16.2 Å². The van der Waals surface area contributed by atoms with E-state index in [1.807, 2.05) is 17.5 Å². The van der Waals surface area contributed by atoms with Crippen LogP contribution in [0.3, 0.4) is 0 Å². The van der Waals surface area contributed by atoms with E-state index >= 15 is 0 Å². The number of hydrogen-bond donors (Lipinski definition) is 2. The van der Waals surface area contributed by atoms with Crippen molar-refractivity contribution < 1.29 is 9.21 Å². The first kappa shape index (κ1) is 15.3. The number of thiophene rings is 1. The SMILES string of the molecule is O=C(NCc1nccnc1-c1cccs1)c1cc(-c2ccco2)[nH]n1. The van der Waals surface area contributed by atoms with E-state index in [0.29, 0.717) is 17.1 Å². The zero-order chi connectivity index (χ0) is 17.1. The third-order valence-corrected chi connectivity index (χ3v) is 4.42.